The fourth-order valence-electron chi connectivity index (χ4n) is 3.52. The highest BCUT2D eigenvalue weighted by molar-refractivity contribution is 5.41. The fourth-order valence-corrected chi connectivity index (χ4v) is 3.52. The van der Waals surface area contributed by atoms with E-state index in [0.29, 0.717) is 11.5 Å². The highest BCUT2D eigenvalue weighted by Crippen LogP contribution is 2.39. The number of rotatable bonds is 4. The first-order valence-electron chi connectivity index (χ1n) is 8.93. The molecule has 0 unspecified atom stereocenters. The number of aryl methyl sites for hydroxylation is 1. The van der Waals surface area contributed by atoms with Crippen LogP contribution in [0.25, 0.3) is 0 Å². The van der Waals surface area contributed by atoms with Crippen LogP contribution in [-0.4, -0.2) is 10.2 Å². The van der Waals surface area contributed by atoms with Gasteiger partial charge in [0.15, 0.2) is 0 Å². The molecule has 1 aliphatic carbocycles. The van der Waals surface area contributed by atoms with Gasteiger partial charge in [0, 0.05) is 6.42 Å². The number of aromatic hydroxyl groups is 1. The van der Waals surface area contributed by atoms with Gasteiger partial charge in [-0.3, -0.25) is 0 Å². The van der Waals surface area contributed by atoms with Crippen LogP contribution in [0, 0.1) is 5.41 Å². The molecule has 24 heavy (non-hydrogen) atoms. The Labute approximate surface area is 146 Å². The van der Waals surface area contributed by atoms with Gasteiger partial charge in [-0.2, -0.15) is 0 Å². The molecule has 1 aromatic carbocycles. The molecule has 0 saturated carbocycles. The van der Waals surface area contributed by atoms with Crippen molar-refractivity contribution >= 4 is 0 Å². The lowest BCUT2D eigenvalue weighted by Gasteiger charge is -2.31. The van der Waals surface area contributed by atoms with Crippen LogP contribution in [0.1, 0.15) is 71.9 Å². The third-order valence-electron chi connectivity index (χ3n) is 5.16. The molecule has 132 valence electrons. The van der Waals surface area contributed by atoms with Gasteiger partial charge >= 0.3 is 0 Å². The van der Waals surface area contributed by atoms with Crippen LogP contribution in [0.15, 0.2) is 41.2 Å². The highest BCUT2D eigenvalue weighted by atomic mass is 16.3. The Kier molecular flexibility index (Phi) is 5.17. The molecular formula is C22H32O2. The lowest BCUT2D eigenvalue weighted by Crippen LogP contribution is -2.19. The normalized spacial score (nSPS) is 16.3. The minimum atomic E-state index is -0.0629. The molecule has 0 aromatic heterocycles. The summed E-state index contributed by atoms with van der Waals surface area (Å²) in [5.74, 6) is 0.882. The Hall–Kier alpha value is -1.70. The summed E-state index contributed by atoms with van der Waals surface area (Å²) in [6.45, 7) is 13.1. The third-order valence-corrected chi connectivity index (χ3v) is 5.16. The summed E-state index contributed by atoms with van der Waals surface area (Å²) in [7, 11) is 0. The van der Waals surface area contributed by atoms with Gasteiger partial charge in [0.1, 0.15) is 5.75 Å². The van der Waals surface area contributed by atoms with Crippen molar-refractivity contribution in [3.05, 3.63) is 52.3 Å². The number of hydrogen-bond donors (Lipinski definition) is 2. The lowest BCUT2D eigenvalue weighted by atomic mass is 9.74. The van der Waals surface area contributed by atoms with Gasteiger partial charge in [-0.05, 0) is 65.9 Å². The van der Waals surface area contributed by atoms with Crippen molar-refractivity contribution in [2.75, 3.05) is 0 Å². The SMILES string of the molecule is CC1=C(C(C)(C)CCc2ccc(O)c(C(C)(C)C)c2)C=C(O)CC1. The van der Waals surface area contributed by atoms with Crippen molar-refractivity contribution in [2.45, 2.75) is 72.6 Å². The Morgan fingerprint density at radius 3 is 2.29 bits per heavy atom. The molecule has 1 aliphatic rings. The summed E-state index contributed by atoms with van der Waals surface area (Å²) < 4.78 is 0. The predicted octanol–water partition coefficient (Wildman–Crippen LogP) is 6.20. The maximum Gasteiger partial charge on any atom is 0.119 e. The van der Waals surface area contributed by atoms with E-state index in [2.05, 4.69) is 47.6 Å². The second-order valence-corrected chi connectivity index (χ2v) is 8.82. The number of aliphatic hydroxyl groups excluding tert-OH is 1. The van der Waals surface area contributed by atoms with Gasteiger partial charge in [-0.1, -0.05) is 52.3 Å². The molecule has 0 saturated heterocycles. The van der Waals surface area contributed by atoms with Crippen LogP contribution < -0.4 is 0 Å². The summed E-state index contributed by atoms with van der Waals surface area (Å²) >= 11 is 0. The van der Waals surface area contributed by atoms with Gasteiger partial charge in [-0.15, -0.1) is 0 Å². The smallest absolute Gasteiger partial charge is 0.119 e. The molecular weight excluding hydrogens is 296 g/mol. The summed E-state index contributed by atoms with van der Waals surface area (Å²) in [4.78, 5) is 0. The quantitative estimate of drug-likeness (QED) is 0.690. The summed E-state index contributed by atoms with van der Waals surface area (Å²) in [5.41, 5.74) is 4.89. The molecule has 2 nitrogen and oxygen atoms in total. The number of phenolic OH excluding ortho intramolecular Hbond substituents is 1. The molecule has 1 aromatic rings. The molecule has 0 bridgehead atoms. The zero-order valence-corrected chi connectivity index (χ0v) is 16.0. The first-order valence-corrected chi connectivity index (χ1v) is 8.93. The summed E-state index contributed by atoms with van der Waals surface area (Å²) in [5, 5.41) is 20.0. The average Bonchev–Trinajstić information content (AvgIpc) is 2.47. The first-order chi connectivity index (χ1) is 11.0. The maximum atomic E-state index is 10.1. The van der Waals surface area contributed by atoms with E-state index in [1.165, 1.54) is 16.7 Å². The zero-order chi connectivity index (χ0) is 18.1. The Morgan fingerprint density at radius 2 is 1.67 bits per heavy atom. The molecule has 2 heteroatoms. The van der Waals surface area contributed by atoms with E-state index < -0.39 is 0 Å². The summed E-state index contributed by atoms with van der Waals surface area (Å²) in [6, 6.07) is 5.98. The zero-order valence-electron chi connectivity index (χ0n) is 16.0. The van der Waals surface area contributed by atoms with Crippen molar-refractivity contribution in [1.29, 1.82) is 0 Å². The number of benzene rings is 1. The lowest BCUT2D eigenvalue weighted by molar-refractivity contribution is 0.365. The van der Waals surface area contributed by atoms with Crippen molar-refractivity contribution < 1.29 is 10.2 Å². The molecule has 0 aliphatic heterocycles. The topological polar surface area (TPSA) is 40.5 Å². The van der Waals surface area contributed by atoms with Crippen molar-refractivity contribution in [3.63, 3.8) is 0 Å². The van der Waals surface area contributed by atoms with E-state index in [1.807, 2.05) is 18.2 Å². The number of allylic oxidation sites excluding steroid dienone is 4. The van der Waals surface area contributed by atoms with E-state index in [-0.39, 0.29) is 10.8 Å². The molecule has 0 spiro atoms. The van der Waals surface area contributed by atoms with Gasteiger partial charge < -0.3 is 10.2 Å². The fraction of sp³-hybridized carbons (Fsp3) is 0.545. The molecule has 2 rings (SSSR count). The van der Waals surface area contributed by atoms with Crippen LogP contribution in [-0.2, 0) is 11.8 Å². The number of aliphatic hydroxyl groups is 1. The van der Waals surface area contributed by atoms with E-state index in [0.717, 1.165) is 31.2 Å². The highest BCUT2D eigenvalue weighted by Gasteiger charge is 2.26. The number of phenols is 1. The molecule has 0 heterocycles. The van der Waals surface area contributed by atoms with Crippen LogP contribution in [0.2, 0.25) is 0 Å². The Morgan fingerprint density at radius 1 is 1.00 bits per heavy atom. The van der Waals surface area contributed by atoms with E-state index in [1.54, 1.807) is 0 Å². The Bertz CT molecular complexity index is 670. The second-order valence-electron chi connectivity index (χ2n) is 8.82. The van der Waals surface area contributed by atoms with E-state index in [4.69, 9.17) is 0 Å². The monoisotopic (exact) mass is 328 g/mol. The second kappa shape index (κ2) is 6.66. The van der Waals surface area contributed by atoms with Crippen LogP contribution in [0.5, 0.6) is 5.75 Å². The minimum absolute atomic E-state index is 0.0261. The molecule has 0 radical (unpaired) electrons. The number of hydrogen-bond acceptors (Lipinski definition) is 2. The largest absolute Gasteiger partial charge is 0.512 e. The van der Waals surface area contributed by atoms with Gasteiger partial charge in [0.2, 0.25) is 0 Å². The van der Waals surface area contributed by atoms with Gasteiger partial charge in [0.25, 0.3) is 0 Å². The van der Waals surface area contributed by atoms with Crippen LogP contribution in [0.4, 0.5) is 0 Å². The van der Waals surface area contributed by atoms with Gasteiger partial charge in [0.05, 0.1) is 5.76 Å². The van der Waals surface area contributed by atoms with Crippen molar-refractivity contribution in [3.8, 4) is 5.75 Å². The third kappa shape index (κ3) is 4.23. The van der Waals surface area contributed by atoms with Gasteiger partial charge in [-0.25, -0.2) is 0 Å². The molecule has 0 amide bonds. The van der Waals surface area contributed by atoms with E-state index in [9.17, 15) is 10.2 Å². The molecule has 2 N–H and O–H groups in total. The minimum Gasteiger partial charge on any atom is -0.512 e. The molecule has 0 fully saturated rings. The molecule has 0 atom stereocenters. The first kappa shape index (κ1) is 18.6. The van der Waals surface area contributed by atoms with Crippen LogP contribution in [0.3, 0.4) is 0 Å². The summed E-state index contributed by atoms with van der Waals surface area (Å²) in [6.07, 6.45) is 5.66. The van der Waals surface area contributed by atoms with Crippen LogP contribution >= 0.6 is 0 Å². The van der Waals surface area contributed by atoms with E-state index >= 15 is 0 Å². The standard InChI is InChI=1S/C22H32O2/c1-15-7-9-17(23)14-18(15)22(5,6)12-11-16-8-10-20(24)19(13-16)21(2,3)4/h8,10,13-14,23-24H,7,9,11-12H2,1-6H3. The average molecular weight is 328 g/mol. The predicted molar refractivity (Wildman–Crippen MR) is 102 cm³/mol. The maximum absolute atomic E-state index is 10.1. The Balaban J connectivity index is 2.19. The van der Waals surface area contributed by atoms with Crippen molar-refractivity contribution in [1.82, 2.24) is 0 Å². The van der Waals surface area contributed by atoms with Crippen molar-refractivity contribution in [2.24, 2.45) is 5.41 Å².